The molecule has 1 saturated carbocycles. The summed E-state index contributed by atoms with van der Waals surface area (Å²) in [6.07, 6.45) is 14.6. The highest BCUT2D eigenvalue weighted by Gasteiger charge is 2.50. The molecule has 6 N–H and O–H groups in total. The van der Waals surface area contributed by atoms with Crippen molar-refractivity contribution in [1.29, 1.82) is 0 Å². The van der Waals surface area contributed by atoms with Crippen LogP contribution in [-0.4, -0.2) is 81.1 Å². The van der Waals surface area contributed by atoms with Crippen molar-refractivity contribution in [1.82, 2.24) is 35.3 Å². The molecule has 0 aromatic carbocycles. The maximum absolute atomic E-state index is 7.26. The van der Waals surface area contributed by atoms with Gasteiger partial charge in [0.25, 0.3) is 0 Å². The second kappa shape index (κ2) is 16.4. The van der Waals surface area contributed by atoms with E-state index in [0.717, 1.165) is 28.8 Å². The summed E-state index contributed by atoms with van der Waals surface area (Å²) in [5.74, 6) is 1.40. The number of pyridine rings is 2. The zero-order chi connectivity index (χ0) is 32.7. The molecule has 4 atom stereocenters. The van der Waals surface area contributed by atoms with Crippen molar-refractivity contribution in [2.75, 3.05) is 32.5 Å². The van der Waals surface area contributed by atoms with Crippen LogP contribution in [0.15, 0.2) is 46.8 Å². The molecule has 250 valence electrons. The van der Waals surface area contributed by atoms with E-state index < -0.39 is 0 Å². The number of rotatable bonds is 5. The number of thioether (sulfide) groups is 1. The Hall–Kier alpha value is -1.77. The summed E-state index contributed by atoms with van der Waals surface area (Å²) in [4.78, 5) is 17.4. The highest BCUT2D eigenvalue weighted by molar-refractivity contribution is 8.03. The van der Waals surface area contributed by atoms with Crippen LogP contribution in [0.2, 0.25) is 5.02 Å². The number of halogens is 1. The van der Waals surface area contributed by atoms with Crippen LogP contribution in [0.3, 0.4) is 0 Å². The molecule has 13 heteroatoms. The van der Waals surface area contributed by atoms with Crippen LogP contribution in [0.4, 0.5) is 5.82 Å². The molecule has 0 radical (unpaired) electrons. The smallest absolute Gasteiger partial charge is 0.146 e. The van der Waals surface area contributed by atoms with Gasteiger partial charge < -0.3 is 20.1 Å². The predicted octanol–water partition coefficient (Wildman–Crippen LogP) is 6.16. The number of nitrogens with zero attached hydrogens (tertiary/aromatic N) is 5. The first-order chi connectivity index (χ1) is 21.8. The van der Waals surface area contributed by atoms with E-state index in [9.17, 15) is 0 Å². The number of aromatic nitrogens is 2. The van der Waals surface area contributed by atoms with Crippen LogP contribution in [0, 0.1) is 5.41 Å². The predicted molar refractivity (Wildman–Crippen MR) is 190 cm³/mol. The minimum atomic E-state index is 0.163. The topological polar surface area (TPSA) is 118 Å². The van der Waals surface area contributed by atoms with Gasteiger partial charge in [0.1, 0.15) is 24.4 Å². The molecule has 45 heavy (non-hydrogen) atoms. The molecular formula is C32H52ClN9OS2. The number of anilines is 1. The normalized spacial score (nSPS) is 26.5. The molecule has 10 nitrogen and oxygen atoms in total. The maximum atomic E-state index is 7.26. The largest absolute Gasteiger partial charge is 0.371 e. The standard InChI is InChI=1S/C28H37ClN8S.2C2H6.H3NOS/c1-17-20-6-10-30-15-18(20)14-28(17)8-12-37(13-9-28)27-34-25-26(36(27)3)35(2)22(16-32-25)38-21-7-11-31-24(23(21)29)33-19-4-5-19;2*1-2;1-3-2/h6-7,10-11,15-17,19,25-27,32,34H,4-5,8-9,12-14H2,1-3H3,(H,31,33);2*1-2H3;2H,1H2. The van der Waals surface area contributed by atoms with Gasteiger partial charge in [0.15, 0.2) is 0 Å². The molecule has 4 unspecified atom stereocenters. The SMILES string of the molecule is CC.CC.CC1c2ccncc2CC12CCN(C1NC3NC=C(Sc4ccnc(NC5CC5)c4Cl)N(C)C3N1C)CC2.NSO. The van der Waals surface area contributed by atoms with Crippen molar-refractivity contribution in [3.05, 3.63) is 58.1 Å². The summed E-state index contributed by atoms with van der Waals surface area (Å²) in [5, 5.41) is 17.1. The summed E-state index contributed by atoms with van der Waals surface area (Å²) in [6.45, 7) is 12.6. The number of hydrogen-bond donors (Lipinski definition) is 5. The van der Waals surface area contributed by atoms with Crippen LogP contribution in [0.5, 0.6) is 0 Å². The average Bonchev–Trinajstić information content (AvgIpc) is 3.77. The van der Waals surface area contributed by atoms with Gasteiger partial charge in [0.05, 0.1) is 22.3 Å². The highest BCUT2D eigenvalue weighted by atomic mass is 35.5. The number of likely N-dealkylation sites (tertiary alicyclic amines) is 1. The van der Waals surface area contributed by atoms with E-state index in [4.69, 9.17) is 16.2 Å². The van der Waals surface area contributed by atoms with Gasteiger partial charge in [0, 0.05) is 55.9 Å². The lowest BCUT2D eigenvalue weighted by molar-refractivity contribution is -0.0120. The molecule has 2 aromatic rings. The second-order valence-corrected chi connectivity index (χ2v) is 13.5. The minimum Gasteiger partial charge on any atom is -0.371 e. The molecule has 5 heterocycles. The molecule has 2 aromatic heterocycles. The van der Waals surface area contributed by atoms with Crippen LogP contribution in [-0.2, 0) is 6.42 Å². The number of nitrogens with one attached hydrogen (secondary N) is 3. The van der Waals surface area contributed by atoms with Crippen LogP contribution in [0.25, 0.3) is 0 Å². The van der Waals surface area contributed by atoms with Crippen LogP contribution >= 0.6 is 35.6 Å². The van der Waals surface area contributed by atoms with E-state index in [1.54, 1.807) is 11.8 Å². The molecule has 0 bridgehead atoms. The van der Waals surface area contributed by atoms with Crippen molar-refractivity contribution in [3.63, 3.8) is 0 Å². The summed E-state index contributed by atoms with van der Waals surface area (Å²) in [7, 11) is 4.43. The Kier molecular flexibility index (Phi) is 13.1. The third-order valence-corrected chi connectivity index (χ3v) is 11.2. The first-order valence-corrected chi connectivity index (χ1v) is 18.3. The van der Waals surface area contributed by atoms with Crippen molar-refractivity contribution >= 4 is 41.4 Å². The first kappa shape index (κ1) is 36.1. The summed E-state index contributed by atoms with van der Waals surface area (Å²) in [6, 6.07) is 4.77. The van der Waals surface area contributed by atoms with Crippen molar-refractivity contribution < 1.29 is 4.55 Å². The average molecular weight is 678 g/mol. The summed E-state index contributed by atoms with van der Waals surface area (Å²) < 4.78 is 7.26. The fourth-order valence-corrected chi connectivity index (χ4v) is 8.27. The van der Waals surface area contributed by atoms with E-state index in [0.29, 0.717) is 22.4 Å². The van der Waals surface area contributed by atoms with Crippen LogP contribution in [0.1, 0.15) is 77.3 Å². The molecule has 2 saturated heterocycles. The van der Waals surface area contributed by atoms with Crippen molar-refractivity contribution in [3.8, 4) is 0 Å². The van der Waals surface area contributed by atoms with Gasteiger partial charge in [-0.2, -0.15) is 0 Å². The molecule has 5 aliphatic rings. The highest BCUT2D eigenvalue weighted by Crippen LogP contribution is 2.53. The number of nitrogens with two attached hydrogens (primary N) is 1. The van der Waals surface area contributed by atoms with E-state index >= 15 is 0 Å². The zero-order valence-corrected chi connectivity index (χ0v) is 30.1. The van der Waals surface area contributed by atoms with E-state index in [1.807, 2.05) is 46.2 Å². The summed E-state index contributed by atoms with van der Waals surface area (Å²) >= 11 is 8.70. The molecular weight excluding hydrogens is 626 g/mol. The van der Waals surface area contributed by atoms with Gasteiger partial charge in [-0.1, -0.05) is 58.0 Å². The molecule has 7 rings (SSSR count). The van der Waals surface area contributed by atoms with E-state index in [2.05, 4.69) is 85.2 Å². The maximum Gasteiger partial charge on any atom is 0.146 e. The van der Waals surface area contributed by atoms with Crippen LogP contribution < -0.4 is 21.1 Å². The Morgan fingerprint density at radius 3 is 2.44 bits per heavy atom. The van der Waals surface area contributed by atoms with Gasteiger partial charge in [-0.25, -0.2) is 4.98 Å². The van der Waals surface area contributed by atoms with Gasteiger partial charge in [-0.3, -0.25) is 25.2 Å². The second-order valence-electron chi connectivity index (χ2n) is 11.8. The number of piperidine rings is 1. The lowest BCUT2D eigenvalue weighted by Crippen LogP contribution is -2.56. The van der Waals surface area contributed by atoms with Crippen molar-refractivity contribution in [2.45, 2.75) is 102 Å². The molecule has 2 aliphatic carbocycles. The quantitative estimate of drug-likeness (QED) is 0.184. The number of hydrogen-bond acceptors (Lipinski definition) is 12. The van der Waals surface area contributed by atoms with Gasteiger partial charge >= 0.3 is 0 Å². The number of likely N-dealkylation sites (N-methyl/N-ethyl adjacent to an activating group) is 2. The molecule has 1 spiro atoms. The lowest BCUT2D eigenvalue weighted by atomic mass is 9.70. The third kappa shape index (κ3) is 7.70. The molecule has 3 aliphatic heterocycles. The molecule has 3 fully saturated rings. The van der Waals surface area contributed by atoms with Gasteiger partial charge in [-0.15, -0.1) is 0 Å². The fraction of sp³-hybridized carbons (Fsp3) is 0.625. The number of fused-ring (bicyclic) bond motifs is 2. The van der Waals surface area contributed by atoms with E-state index in [1.165, 1.54) is 43.2 Å². The van der Waals surface area contributed by atoms with Gasteiger partial charge in [0.2, 0.25) is 0 Å². The Bertz CT molecular complexity index is 1270. The lowest BCUT2D eigenvalue weighted by Gasteiger charge is -2.46. The Morgan fingerprint density at radius 2 is 1.80 bits per heavy atom. The third-order valence-electron chi connectivity index (χ3n) is 9.56. The Labute approximate surface area is 283 Å². The zero-order valence-electron chi connectivity index (χ0n) is 27.8. The van der Waals surface area contributed by atoms with Crippen molar-refractivity contribution in [2.24, 2.45) is 10.6 Å². The Morgan fingerprint density at radius 1 is 1.11 bits per heavy atom. The fourth-order valence-electron chi connectivity index (χ4n) is 7.07. The molecule has 0 amide bonds. The minimum absolute atomic E-state index is 0.163. The van der Waals surface area contributed by atoms with E-state index in [-0.39, 0.29) is 30.9 Å². The Balaban J connectivity index is 0.000000612. The van der Waals surface area contributed by atoms with Gasteiger partial charge in [-0.05, 0) is 73.7 Å². The first-order valence-electron chi connectivity index (χ1n) is 16.3. The monoisotopic (exact) mass is 677 g/mol. The summed E-state index contributed by atoms with van der Waals surface area (Å²) in [5.41, 5.74) is 3.35.